The second-order valence-corrected chi connectivity index (χ2v) is 5.56. The average molecular weight is 388 g/mol. The van der Waals surface area contributed by atoms with Gasteiger partial charge in [-0.2, -0.15) is 0 Å². The van der Waals surface area contributed by atoms with E-state index in [2.05, 4.69) is 10.6 Å². The van der Waals surface area contributed by atoms with Crippen molar-refractivity contribution in [2.45, 2.75) is 27.7 Å². The van der Waals surface area contributed by atoms with Gasteiger partial charge in [0.2, 0.25) is 11.8 Å². The first kappa shape index (κ1) is 22.6. The van der Waals surface area contributed by atoms with Gasteiger partial charge in [0.15, 0.2) is 0 Å². The lowest BCUT2D eigenvalue weighted by Gasteiger charge is -2.14. The van der Waals surface area contributed by atoms with Crippen LogP contribution in [0.1, 0.15) is 38.8 Å². The monoisotopic (exact) mass is 388 g/mol. The number of carbonyl (C=O) groups excluding carboxylic acids is 4. The highest BCUT2D eigenvalue weighted by Crippen LogP contribution is 2.28. The minimum Gasteiger partial charge on any atom is -0.463 e. The molecule has 2 amide bonds. The van der Waals surface area contributed by atoms with Gasteiger partial charge < -0.3 is 20.1 Å². The van der Waals surface area contributed by atoms with Gasteiger partial charge in [-0.25, -0.2) is 9.59 Å². The molecule has 0 aliphatic heterocycles. The van der Waals surface area contributed by atoms with Gasteiger partial charge >= 0.3 is 11.9 Å². The molecule has 28 heavy (non-hydrogen) atoms. The molecule has 0 heterocycles. The van der Waals surface area contributed by atoms with Gasteiger partial charge in [-0.3, -0.25) is 9.59 Å². The third kappa shape index (κ3) is 7.86. The Balaban J connectivity index is 3.42. The first-order valence-corrected chi connectivity index (χ1v) is 8.69. The molecule has 0 atom stereocenters. The topological polar surface area (TPSA) is 111 Å². The molecule has 2 N–H and O–H groups in total. The van der Waals surface area contributed by atoms with Crippen molar-refractivity contribution in [2.75, 3.05) is 23.8 Å². The molecule has 0 unspecified atom stereocenters. The maximum atomic E-state index is 11.6. The van der Waals surface area contributed by atoms with E-state index in [1.165, 1.54) is 38.2 Å². The number of rotatable bonds is 8. The smallest absolute Gasteiger partial charge is 0.330 e. The minimum atomic E-state index is -0.536. The van der Waals surface area contributed by atoms with Crippen molar-refractivity contribution in [1.82, 2.24) is 0 Å². The number of benzene rings is 1. The predicted molar refractivity (Wildman–Crippen MR) is 106 cm³/mol. The van der Waals surface area contributed by atoms with Crippen molar-refractivity contribution < 1.29 is 28.7 Å². The van der Waals surface area contributed by atoms with Gasteiger partial charge in [0.25, 0.3) is 0 Å². The summed E-state index contributed by atoms with van der Waals surface area (Å²) in [6.07, 6.45) is 5.40. The second-order valence-electron chi connectivity index (χ2n) is 5.56. The van der Waals surface area contributed by atoms with Crippen molar-refractivity contribution in [3.63, 3.8) is 0 Å². The van der Waals surface area contributed by atoms with Crippen molar-refractivity contribution in [3.8, 4) is 0 Å². The molecule has 0 saturated heterocycles. The highest BCUT2D eigenvalue weighted by Gasteiger charge is 2.11. The fourth-order valence-corrected chi connectivity index (χ4v) is 2.20. The van der Waals surface area contributed by atoms with Crippen LogP contribution in [-0.2, 0) is 28.7 Å². The molecule has 0 saturated carbocycles. The minimum absolute atomic E-state index is 0.233. The van der Waals surface area contributed by atoms with Crippen LogP contribution in [0.3, 0.4) is 0 Å². The average Bonchev–Trinajstić information content (AvgIpc) is 2.59. The van der Waals surface area contributed by atoms with Crippen LogP contribution in [0, 0.1) is 0 Å². The van der Waals surface area contributed by atoms with Crippen molar-refractivity contribution >= 4 is 47.3 Å². The van der Waals surface area contributed by atoms with Gasteiger partial charge in [-0.05, 0) is 49.3 Å². The van der Waals surface area contributed by atoms with Crippen LogP contribution in [0.4, 0.5) is 11.4 Å². The Morgan fingerprint density at radius 1 is 0.786 bits per heavy atom. The number of hydrogen-bond acceptors (Lipinski definition) is 6. The van der Waals surface area contributed by atoms with Crippen LogP contribution in [0.2, 0.25) is 0 Å². The lowest BCUT2D eigenvalue weighted by Crippen LogP contribution is -2.11. The molecule has 8 nitrogen and oxygen atoms in total. The van der Waals surface area contributed by atoms with E-state index in [4.69, 9.17) is 9.47 Å². The summed E-state index contributed by atoms with van der Waals surface area (Å²) in [5.41, 5.74) is 1.73. The van der Waals surface area contributed by atoms with Gasteiger partial charge in [-0.1, -0.05) is 0 Å². The first-order chi connectivity index (χ1) is 13.3. The van der Waals surface area contributed by atoms with E-state index in [1.807, 2.05) is 0 Å². The second kappa shape index (κ2) is 11.3. The van der Waals surface area contributed by atoms with Gasteiger partial charge in [0, 0.05) is 26.0 Å². The molecule has 0 fully saturated rings. The number of anilines is 2. The molecule has 1 aromatic rings. The number of nitrogens with one attached hydrogen (secondary N) is 2. The molecular weight excluding hydrogens is 364 g/mol. The van der Waals surface area contributed by atoms with E-state index in [0.29, 0.717) is 22.5 Å². The number of ether oxygens (including phenoxy) is 2. The fourth-order valence-electron chi connectivity index (χ4n) is 2.20. The van der Waals surface area contributed by atoms with E-state index in [9.17, 15) is 19.2 Å². The van der Waals surface area contributed by atoms with E-state index in [0.717, 1.165) is 0 Å². The highest BCUT2D eigenvalue weighted by molar-refractivity contribution is 5.99. The quantitative estimate of drug-likeness (QED) is 0.523. The zero-order chi connectivity index (χ0) is 21.1. The molecular formula is C20H24N2O6. The Labute approximate surface area is 163 Å². The standard InChI is InChI=1S/C20H24N2O6/c1-5-27-19(25)9-7-15-11-16(8-10-20(26)28-6-2)18(22-14(4)24)12-17(15)21-13(3)23/h7-12H,5-6H2,1-4H3,(H,21,23)(H,22,24)/b9-7+,10-8+. The van der Waals surface area contributed by atoms with Crippen LogP contribution in [-0.4, -0.2) is 37.0 Å². The lowest BCUT2D eigenvalue weighted by atomic mass is 10.0. The SMILES string of the molecule is CCOC(=O)/C=C/c1cc(/C=C/C(=O)OCC)c(NC(C)=O)cc1NC(C)=O. The normalized spacial score (nSPS) is 10.7. The van der Waals surface area contributed by atoms with Crippen LogP contribution in [0.25, 0.3) is 12.2 Å². The third-order valence-corrected chi connectivity index (χ3v) is 3.21. The first-order valence-electron chi connectivity index (χ1n) is 8.69. The summed E-state index contributed by atoms with van der Waals surface area (Å²) in [5.74, 6) is -1.72. The molecule has 8 heteroatoms. The van der Waals surface area contributed by atoms with Crippen LogP contribution in [0.15, 0.2) is 24.3 Å². The van der Waals surface area contributed by atoms with Crippen LogP contribution in [0.5, 0.6) is 0 Å². The van der Waals surface area contributed by atoms with E-state index < -0.39 is 11.9 Å². The Kier molecular flexibility index (Phi) is 9.15. The molecule has 1 aromatic carbocycles. The summed E-state index contributed by atoms with van der Waals surface area (Å²) in [7, 11) is 0. The molecule has 0 spiro atoms. The predicted octanol–water partition coefficient (Wildman–Crippen LogP) is 2.76. The molecule has 0 aliphatic carbocycles. The van der Waals surface area contributed by atoms with Gasteiger partial charge in [-0.15, -0.1) is 0 Å². The Bertz CT molecular complexity index is 748. The van der Waals surface area contributed by atoms with E-state index in [-0.39, 0.29) is 25.0 Å². The maximum Gasteiger partial charge on any atom is 0.330 e. The summed E-state index contributed by atoms with van der Waals surface area (Å²) in [6.45, 7) is 6.52. The summed E-state index contributed by atoms with van der Waals surface area (Å²) < 4.78 is 9.70. The summed E-state index contributed by atoms with van der Waals surface area (Å²) in [4.78, 5) is 46.3. The fraction of sp³-hybridized carbons (Fsp3) is 0.300. The molecule has 0 aromatic heterocycles. The largest absolute Gasteiger partial charge is 0.463 e. The summed E-state index contributed by atoms with van der Waals surface area (Å²) >= 11 is 0. The van der Waals surface area contributed by atoms with Crippen molar-refractivity contribution in [3.05, 3.63) is 35.4 Å². The molecule has 0 aliphatic rings. The third-order valence-electron chi connectivity index (χ3n) is 3.21. The van der Waals surface area contributed by atoms with E-state index in [1.54, 1.807) is 26.0 Å². The Morgan fingerprint density at radius 2 is 1.18 bits per heavy atom. The van der Waals surface area contributed by atoms with Crippen molar-refractivity contribution in [1.29, 1.82) is 0 Å². The number of amides is 2. The van der Waals surface area contributed by atoms with Gasteiger partial charge in [0.1, 0.15) is 0 Å². The molecule has 0 bridgehead atoms. The highest BCUT2D eigenvalue weighted by atomic mass is 16.5. The zero-order valence-electron chi connectivity index (χ0n) is 16.3. The maximum absolute atomic E-state index is 11.6. The zero-order valence-corrected chi connectivity index (χ0v) is 16.3. The lowest BCUT2D eigenvalue weighted by molar-refractivity contribution is -0.138. The molecule has 150 valence electrons. The summed E-state index contributed by atoms with van der Waals surface area (Å²) in [5, 5.41) is 5.29. The van der Waals surface area contributed by atoms with Gasteiger partial charge in [0.05, 0.1) is 24.6 Å². The number of hydrogen-bond donors (Lipinski definition) is 2. The Morgan fingerprint density at radius 3 is 1.50 bits per heavy atom. The Hall–Kier alpha value is -3.42. The van der Waals surface area contributed by atoms with Crippen molar-refractivity contribution in [2.24, 2.45) is 0 Å². The number of carbonyl (C=O) groups is 4. The summed E-state index contributed by atoms with van der Waals surface area (Å²) in [6, 6.07) is 3.15. The van der Waals surface area contributed by atoms with E-state index >= 15 is 0 Å². The molecule has 0 radical (unpaired) electrons. The molecule has 1 rings (SSSR count). The number of esters is 2. The van der Waals surface area contributed by atoms with Crippen LogP contribution < -0.4 is 10.6 Å². The van der Waals surface area contributed by atoms with Crippen LogP contribution >= 0.6 is 0 Å².